The molecule has 0 fully saturated rings. The zero-order chi connectivity index (χ0) is 20.4. The Hall–Kier alpha value is -3.07. The number of ether oxygens (including phenoxy) is 3. The molecule has 0 saturated heterocycles. The van der Waals surface area contributed by atoms with Crippen LogP contribution < -0.4 is 20.1 Å². The predicted molar refractivity (Wildman–Crippen MR) is 104 cm³/mol. The van der Waals surface area contributed by atoms with Gasteiger partial charge in [0.25, 0.3) is 5.91 Å². The molecule has 2 aromatic rings. The third kappa shape index (κ3) is 6.58. The molecule has 0 aliphatic carbocycles. The van der Waals surface area contributed by atoms with E-state index in [1.165, 1.54) is 25.6 Å². The van der Waals surface area contributed by atoms with E-state index in [1.807, 2.05) is 23.6 Å². The molecule has 2 N–H and O–H groups in total. The van der Waals surface area contributed by atoms with Crippen LogP contribution in [0.15, 0.2) is 35.7 Å². The molecule has 0 aliphatic heterocycles. The molecular weight excluding hydrogens is 384 g/mol. The monoisotopic (exact) mass is 406 g/mol. The Balaban J connectivity index is 1.70. The highest BCUT2D eigenvalue weighted by Gasteiger charge is 2.14. The first-order valence-corrected chi connectivity index (χ1v) is 9.37. The van der Waals surface area contributed by atoms with Crippen LogP contribution in [0.3, 0.4) is 0 Å². The van der Waals surface area contributed by atoms with Gasteiger partial charge < -0.3 is 19.5 Å². The molecule has 28 heavy (non-hydrogen) atoms. The van der Waals surface area contributed by atoms with Gasteiger partial charge in [0.2, 0.25) is 0 Å². The summed E-state index contributed by atoms with van der Waals surface area (Å²) in [6, 6.07) is 8.46. The fourth-order valence-corrected chi connectivity index (χ4v) is 3.04. The summed E-state index contributed by atoms with van der Waals surface area (Å²) < 4.78 is 15.4. The highest BCUT2D eigenvalue weighted by Crippen LogP contribution is 2.31. The van der Waals surface area contributed by atoms with Gasteiger partial charge in [0, 0.05) is 11.3 Å². The van der Waals surface area contributed by atoms with Crippen LogP contribution in [0.5, 0.6) is 11.5 Å². The molecule has 1 aromatic carbocycles. The number of carbonyl (C=O) groups excluding carboxylic acids is 3. The van der Waals surface area contributed by atoms with E-state index in [9.17, 15) is 14.4 Å². The Morgan fingerprint density at radius 1 is 1.07 bits per heavy atom. The second-order valence-electron chi connectivity index (χ2n) is 5.62. The summed E-state index contributed by atoms with van der Waals surface area (Å²) in [6.07, 6.45) is 0.420. The molecule has 1 heterocycles. The number of rotatable bonds is 9. The number of imide groups is 1. The molecule has 0 saturated carbocycles. The maximum absolute atomic E-state index is 11.9. The minimum absolute atomic E-state index is 0.0569. The third-order valence-electron chi connectivity index (χ3n) is 3.70. The Kier molecular flexibility index (Phi) is 8.29. The van der Waals surface area contributed by atoms with Crippen molar-refractivity contribution in [2.75, 3.05) is 20.8 Å². The molecular formula is C19H22N2O6S. The van der Waals surface area contributed by atoms with Gasteiger partial charge >= 0.3 is 12.0 Å². The van der Waals surface area contributed by atoms with Crippen molar-refractivity contribution in [1.82, 2.24) is 10.6 Å². The Labute approximate surface area is 166 Å². The molecule has 8 nitrogen and oxygen atoms in total. The van der Waals surface area contributed by atoms with Crippen molar-refractivity contribution in [1.29, 1.82) is 0 Å². The first-order valence-electron chi connectivity index (χ1n) is 8.49. The van der Waals surface area contributed by atoms with Crippen molar-refractivity contribution in [2.24, 2.45) is 0 Å². The van der Waals surface area contributed by atoms with E-state index in [0.717, 1.165) is 10.4 Å². The second kappa shape index (κ2) is 10.9. The van der Waals surface area contributed by atoms with E-state index in [2.05, 4.69) is 10.6 Å². The van der Waals surface area contributed by atoms with E-state index in [4.69, 9.17) is 14.2 Å². The fraction of sp³-hybridized carbons (Fsp3) is 0.316. The molecule has 0 spiro atoms. The minimum atomic E-state index is -0.698. The number of nitrogens with one attached hydrogen (secondary N) is 2. The number of carbonyl (C=O) groups is 3. The normalized spacial score (nSPS) is 10.1. The van der Waals surface area contributed by atoms with Crippen LogP contribution in [0, 0.1) is 0 Å². The van der Waals surface area contributed by atoms with Crippen LogP contribution in [-0.2, 0) is 27.3 Å². The topological polar surface area (TPSA) is 103 Å². The molecule has 2 rings (SSSR count). The number of hydrogen-bond donors (Lipinski definition) is 2. The van der Waals surface area contributed by atoms with Crippen LogP contribution >= 0.6 is 11.3 Å². The van der Waals surface area contributed by atoms with Crippen LogP contribution in [0.25, 0.3) is 0 Å². The maximum atomic E-state index is 11.9. The fourth-order valence-electron chi connectivity index (χ4n) is 2.39. The number of urea groups is 1. The Morgan fingerprint density at radius 2 is 1.89 bits per heavy atom. The van der Waals surface area contributed by atoms with Gasteiger partial charge in [-0.05, 0) is 29.5 Å². The number of amides is 3. The lowest BCUT2D eigenvalue weighted by Crippen LogP contribution is -2.41. The van der Waals surface area contributed by atoms with Crippen molar-refractivity contribution < 1.29 is 28.6 Å². The summed E-state index contributed by atoms with van der Waals surface area (Å²) in [6.45, 7) is -0.209. The van der Waals surface area contributed by atoms with Crippen LogP contribution in [0.4, 0.5) is 4.79 Å². The van der Waals surface area contributed by atoms with Crippen molar-refractivity contribution in [3.05, 3.63) is 46.2 Å². The molecule has 0 atom stereocenters. The lowest BCUT2D eigenvalue weighted by atomic mass is 10.1. The van der Waals surface area contributed by atoms with Gasteiger partial charge in [-0.25, -0.2) is 4.79 Å². The number of methoxy groups -OCH3 is 2. The predicted octanol–water partition coefficient (Wildman–Crippen LogP) is 2.27. The first-order chi connectivity index (χ1) is 13.5. The number of esters is 1. The van der Waals surface area contributed by atoms with E-state index < -0.39 is 24.5 Å². The van der Waals surface area contributed by atoms with Crippen molar-refractivity contribution in [3.8, 4) is 11.5 Å². The lowest BCUT2D eigenvalue weighted by molar-refractivity contribution is -0.148. The van der Waals surface area contributed by atoms with Gasteiger partial charge in [-0.2, -0.15) is 0 Å². The van der Waals surface area contributed by atoms with E-state index in [0.29, 0.717) is 24.5 Å². The number of thiophene rings is 1. The summed E-state index contributed by atoms with van der Waals surface area (Å²) >= 11 is 1.49. The van der Waals surface area contributed by atoms with Gasteiger partial charge in [0.05, 0.1) is 20.8 Å². The van der Waals surface area contributed by atoms with Gasteiger partial charge in [0.1, 0.15) is 0 Å². The van der Waals surface area contributed by atoms with Crippen LogP contribution in [0.2, 0.25) is 0 Å². The molecule has 9 heteroatoms. The number of benzene rings is 1. The quantitative estimate of drug-likeness (QED) is 0.619. The number of para-hydroxylation sites is 1. The SMILES string of the molecule is COc1cccc(CCC(=O)OCC(=O)NC(=O)NCc2cccs2)c1OC. The van der Waals surface area contributed by atoms with Gasteiger partial charge in [-0.3, -0.25) is 14.9 Å². The van der Waals surface area contributed by atoms with Crippen LogP contribution in [-0.4, -0.2) is 38.7 Å². The Bertz CT molecular complexity index is 807. The molecule has 1 aromatic heterocycles. The van der Waals surface area contributed by atoms with Crippen molar-refractivity contribution in [2.45, 2.75) is 19.4 Å². The zero-order valence-electron chi connectivity index (χ0n) is 15.7. The van der Waals surface area contributed by atoms with Crippen LogP contribution in [0.1, 0.15) is 16.9 Å². The van der Waals surface area contributed by atoms with Gasteiger partial charge in [-0.1, -0.05) is 18.2 Å². The maximum Gasteiger partial charge on any atom is 0.321 e. The summed E-state index contributed by atoms with van der Waals surface area (Å²) in [5.74, 6) is -0.130. The zero-order valence-corrected chi connectivity index (χ0v) is 16.5. The van der Waals surface area contributed by atoms with E-state index >= 15 is 0 Å². The highest BCUT2D eigenvalue weighted by molar-refractivity contribution is 7.09. The summed E-state index contributed by atoms with van der Waals surface area (Å²) in [4.78, 5) is 36.2. The molecule has 0 unspecified atom stereocenters. The highest BCUT2D eigenvalue weighted by atomic mass is 32.1. The standard InChI is InChI=1S/C19H22N2O6S/c1-25-15-7-3-5-13(18(15)26-2)8-9-17(23)27-12-16(22)21-19(24)20-11-14-6-4-10-28-14/h3-7,10H,8-9,11-12H2,1-2H3,(H2,20,21,22,24). The Morgan fingerprint density at radius 3 is 2.57 bits per heavy atom. The molecule has 0 radical (unpaired) electrons. The van der Waals surface area contributed by atoms with E-state index in [1.54, 1.807) is 12.1 Å². The summed E-state index contributed by atoms with van der Waals surface area (Å²) in [5.41, 5.74) is 0.788. The van der Waals surface area contributed by atoms with Gasteiger partial charge in [0.15, 0.2) is 18.1 Å². The number of aryl methyl sites for hydroxylation is 1. The smallest absolute Gasteiger partial charge is 0.321 e. The molecule has 3 amide bonds. The largest absolute Gasteiger partial charge is 0.493 e. The van der Waals surface area contributed by atoms with E-state index in [-0.39, 0.29) is 6.42 Å². The third-order valence-corrected chi connectivity index (χ3v) is 4.58. The minimum Gasteiger partial charge on any atom is -0.493 e. The lowest BCUT2D eigenvalue weighted by Gasteiger charge is -2.12. The van der Waals surface area contributed by atoms with Crippen molar-refractivity contribution in [3.63, 3.8) is 0 Å². The average Bonchev–Trinajstić information content (AvgIpc) is 3.22. The summed E-state index contributed by atoms with van der Waals surface area (Å²) in [5, 5.41) is 6.54. The first kappa shape index (κ1) is 21.2. The molecule has 0 bridgehead atoms. The number of hydrogen-bond acceptors (Lipinski definition) is 7. The second-order valence-corrected chi connectivity index (χ2v) is 6.66. The molecule has 0 aliphatic rings. The van der Waals surface area contributed by atoms with Crippen molar-refractivity contribution >= 4 is 29.2 Å². The summed E-state index contributed by atoms with van der Waals surface area (Å²) in [7, 11) is 3.05. The average molecular weight is 406 g/mol. The molecule has 150 valence electrons. The van der Waals surface area contributed by atoms with Gasteiger partial charge in [-0.15, -0.1) is 11.3 Å².